The van der Waals surface area contributed by atoms with Crippen LogP contribution < -0.4 is 5.32 Å². The molecule has 1 aliphatic rings. The molecule has 1 atom stereocenters. The molecule has 5 nitrogen and oxygen atoms in total. The molecule has 0 radical (unpaired) electrons. The molecule has 3 heterocycles. The van der Waals surface area contributed by atoms with E-state index in [2.05, 4.69) is 190 Å². The van der Waals surface area contributed by atoms with Gasteiger partial charge < -0.3 is 9.88 Å². The van der Waals surface area contributed by atoms with Gasteiger partial charge in [0, 0.05) is 38.4 Å². The lowest BCUT2D eigenvalue weighted by molar-refractivity contribution is 0.516. The molecule has 0 amide bonds. The van der Waals surface area contributed by atoms with E-state index in [4.69, 9.17) is 9.98 Å². The van der Waals surface area contributed by atoms with Crippen molar-refractivity contribution in [1.82, 2.24) is 14.5 Å². The molecule has 0 saturated carbocycles. The first-order chi connectivity index (χ1) is 27.8. The third-order valence-corrected chi connectivity index (χ3v) is 11.0. The summed E-state index contributed by atoms with van der Waals surface area (Å²) in [6.07, 6.45) is -0.475. The fraction of sp³-hybridized carbons (Fsp3) is 0.0196. The molecule has 1 unspecified atom stereocenters. The van der Waals surface area contributed by atoms with E-state index in [1.54, 1.807) is 0 Å². The number of benzene rings is 8. The predicted molar refractivity (Wildman–Crippen MR) is 233 cm³/mol. The van der Waals surface area contributed by atoms with E-state index >= 15 is 0 Å². The van der Waals surface area contributed by atoms with Gasteiger partial charge in [-0.05, 0) is 52.6 Å². The lowest BCUT2D eigenvalue weighted by Crippen LogP contribution is -2.36. The number of nitrogens with zero attached hydrogens (tertiary/aromatic N) is 4. The van der Waals surface area contributed by atoms with Gasteiger partial charge in [-0.1, -0.05) is 170 Å². The van der Waals surface area contributed by atoms with Crippen molar-refractivity contribution in [3.05, 3.63) is 211 Å². The van der Waals surface area contributed by atoms with Crippen molar-refractivity contribution in [3.8, 4) is 27.9 Å². The van der Waals surface area contributed by atoms with Crippen molar-refractivity contribution in [2.75, 3.05) is 0 Å². The van der Waals surface area contributed by atoms with Gasteiger partial charge in [-0.2, -0.15) is 0 Å². The van der Waals surface area contributed by atoms with E-state index in [0.717, 1.165) is 44.7 Å². The lowest BCUT2D eigenvalue weighted by Gasteiger charge is -2.26. The maximum Gasteiger partial charge on any atom is 0.204 e. The average Bonchev–Trinajstić information content (AvgIpc) is 3.80. The van der Waals surface area contributed by atoms with Crippen LogP contribution in [0.2, 0.25) is 0 Å². The molecule has 264 valence electrons. The van der Waals surface area contributed by atoms with Crippen molar-refractivity contribution in [3.63, 3.8) is 0 Å². The normalized spacial score (nSPS) is 14.2. The molecule has 5 heteroatoms. The molecular formula is C51H35N5. The first-order valence-electron chi connectivity index (χ1n) is 19.0. The Labute approximate surface area is 324 Å². The maximum atomic E-state index is 5.38. The summed E-state index contributed by atoms with van der Waals surface area (Å²) in [4.78, 5) is 10.5. The van der Waals surface area contributed by atoms with E-state index in [0.29, 0.717) is 5.84 Å². The van der Waals surface area contributed by atoms with Gasteiger partial charge in [0.1, 0.15) is 5.84 Å². The second kappa shape index (κ2) is 13.1. The number of para-hydroxylation sites is 2. The molecule has 11 rings (SSSR count). The third kappa shape index (κ3) is 5.24. The van der Waals surface area contributed by atoms with Crippen LogP contribution >= 0.6 is 0 Å². The minimum absolute atomic E-state index is 0.475. The smallest absolute Gasteiger partial charge is 0.204 e. The van der Waals surface area contributed by atoms with Gasteiger partial charge >= 0.3 is 0 Å². The van der Waals surface area contributed by atoms with Gasteiger partial charge in [-0.25, -0.2) is 9.98 Å². The number of aromatic nitrogens is 2. The Balaban J connectivity index is 1.14. The highest BCUT2D eigenvalue weighted by Gasteiger charge is 2.27. The van der Waals surface area contributed by atoms with Gasteiger partial charge in [-0.3, -0.25) is 4.57 Å². The lowest BCUT2D eigenvalue weighted by atomic mass is 9.99. The molecular weight excluding hydrogens is 683 g/mol. The van der Waals surface area contributed by atoms with Crippen LogP contribution in [-0.4, -0.2) is 20.8 Å². The highest BCUT2D eigenvalue weighted by Crippen LogP contribution is 2.42. The van der Waals surface area contributed by atoms with Crippen LogP contribution in [-0.2, 0) is 0 Å². The Hall–Kier alpha value is -7.50. The Morgan fingerprint density at radius 3 is 1.59 bits per heavy atom. The van der Waals surface area contributed by atoms with Crippen LogP contribution in [0, 0.1) is 0 Å². The van der Waals surface area contributed by atoms with Crippen LogP contribution in [0.25, 0.3) is 71.6 Å². The Kier molecular flexibility index (Phi) is 7.49. The Morgan fingerprint density at radius 1 is 0.393 bits per heavy atom. The minimum Gasteiger partial charge on any atom is -0.331 e. The summed E-state index contributed by atoms with van der Waals surface area (Å²) < 4.78 is 4.82. The number of amidine groups is 2. The second-order valence-electron chi connectivity index (χ2n) is 14.3. The summed E-state index contributed by atoms with van der Waals surface area (Å²) in [5, 5.41) is 8.52. The SMILES string of the molecule is c1ccc(C2=NC(n3c4ccccc4c4ccc5c6ccccc6n(-c6ccc(-c7cccc(-c8ccccc8)c7)cc6)c5c43)NC(c3ccccc3)=N2)cc1. The molecule has 0 aliphatic carbocycles. The van der Waals surface area contributed by atoms with Gasteiger partial charge in [0.05, 0.1) is 22.1 Å². The monoisotopic (exact) mass is 717 g/mol. The van der Waals surface area contributed by atoms with Crippen LogP contribution in [0.1, 0.15) is 17.4 Å². The van der Waals surface area contributed by atoms with E-state index in [-0.39, 0.29) is 0 Å². The molecule has 0 saturated heterocycles. The van der Waals surface area contributed by atoms with Gasteiger partial charge in [-0.15, -0.1) is 0 Å². The standard InChI is InChI=1S/C51H35N5/c1-4-15-34(16-5-1)38-21-14-22-39(33-38)35-27-29-40(30-28-35)55-45-25-12-10-23-41(45)43-31-32-44-42-24-11-13-26-46(42)56(48(44)47(43)55)51-53-49(36-17-6-2-7-18-36)52-50(54-51)37-19-8-3-9-20-37/h1-33,51H,(H,52,53,54). The topological polar surface area (TPSA) is 46.6 Å². The number of nitrogens with one attached hydrogen (secondary N) is 1. The van der Waals surface area contributed by atoms with Crippen LogP contribution in [0.15, 0.2) is 210 Å². The first-order valence-corrected chi connectivity index (χ1v) is 19.0. The fourth-order valence-corrected chi connectivity index (χ4v) is 8.40. The molecule has 0 spiro atoms. The van der Waals surface area contributed by atoms with Crippen molar-refractivity contribution in [2.24, 2.45) is 9.98 Å². The number of rotatable bonds is 6. The molecule has 1 aliphatic heterocycles. The molecule has 0 bridgehead atoms. The second-order valence-corrected chi connectivity index (χ2v) is 14.3. The largest absolute Gasteiger partial charge is 0.331 e. The molecule has 0 fully saturated rings. The molecule has 8 aromatic carbocycles. The Bertz CT molecular complexity index is 3140. The average molecular weight is 718 g/mol. The number of hydrogen-bond acceptors (Lipinski definition) is 3. The van der Waals surface area contributed by atoms with Crippen molar-refractivity contribution >= 4 is 55.3 Å². The van der Waals surface area contributed by atoms with E-state index in [1.165, 1.54) is 43.8 Å². The summed E-state index contributed by atoms with van der Waals surface area (Å²) in [6.45, 7) is 0. The summed E-state index contributed by atoms with van der Waals surface area (Å²) in [5.41, 5.74) is 12.4. The van der Waals surface area contributed by atoms with E-state index in [9.17, 15) is 0 Å². The van der Waals surface area contributed by atoms with Crippen LogP contribution in [0.5, 0.6) is 0 Å². The quantitative estimate of drug-likeness (QED) is 0.183. The summed E-state index contributed by atoms with van der Waals surface area (Å²) in [5.74, 6) is 1.48. The minimum atomic E-state index is -0.475. The zero-order valence-corrected chi connectivity index (χ0v) is 30.4. The highest BCUT2D eigenvalue weighted by molar-refractivity contribution is 6.23. The Morgan fingerprint density at radius 2 is 0.911 bits per heavy atom. The summed E-state index contributed by atoms with van der Waals surface area (Å²) >= 11 is 0. The zero-order valence-electron chi connectivity index (χ0n) is 30.4. The highest BCUT2D eigenvalue weighted by atomic mass is 15.3. The van der Waals surface area contributed by atoms with Crippen molar-refractivity contribution in [1.29, 1.82) is 0 Å². The van der Waals surface area contributed by atoms with Gasteiger partial charge in [0.25, 0.3) is 0 Å². The van der Waals surface area contributed by atoms with Crippen molar-refractivity contribution in [2.45, 2.75) is 6.29 Å². The van der Waals surface area contributed by atoms with E-state index in [1.807, 2.05) is 24.3 Å². The van der Waals surface area contributed by atoms with Crippen LogP contribution in [0.4, 0.5) is 0 Å². The third-order valence-electron chi connectivity index (χ3n) is 11.0. The fourth-order valence-electron chi connectivity index (χ4n) is 8.40. The van der Waals surface area contributed by atoms with Gasteiger partial charge in [0.15, 0.2) is 5.84 Å². The summed E-state index contributed by atoms with van der Waals surface area (Å²) in [6, 6.07) is 71.0. The number of aliphatic imine (C=N–C) groups is 2. The predicted octanol–water partition coefficient (Wildman–Crippen LogP) is 12.2. The number of hydrogen-bond donors (Lipinski definition) is 1. The molecule has 1 N–H and O–H groups in total. The first kappa shape index (κ1) is 32.0. The van der Waals surface area contributed by atoms with Crippen molar-refractivity contribution < 1.29 is 0 Å². The number of fused-ring (bicyclic) bond motifs is 7. The maximum absolute atomic E-state index is 5.38. The summed E-state index contributed by atoms with van der Waals surface area (Å²) in [7, 11) is 0. The molecule has 56 heavy (non-hydrogen) atoms. The van der Waals surface area contributed by atoms with E-state index < -0.39 is 6.29 Å². The van der Waals surface area contributed by atoms with Crippen LogP contribution in [0.3, 0.4) is 0 Å². The zero-order chi connectivity index (χ0) is 37.0. The molecule has 10 aromatic rings. The van der Waals surface area contributed by atoms with Gasteiger partial charge in [0.2, 0.25) is 6.29 Å². The molecule has 2 aromatic heterocycles.